The van der Waals surface area contributed by atoms with Crippen LogP contribution in [-0.2, 0) is 18.3 Å². The molecule has 0 aliphatic carbocycles. The maximum Gasteiger partial charge on any atom is 0.255 e. The average Bonchev–Trinajstić information content (AvgIpc) is 3.05. The van der Waals surface area contributed by atoms with Crippen LogP contribution in [0.4, 0.5) is 0 Å². The third-order valence-corrected chi connectivity index (χ3v) is 3.50. The van der Waals surface area contributed by atoms with Crippen LogP contribution in [0.5, 0.6) is 0 Å². The zero-order valence-electron chi connectivity index (χ0n) is 13.5. The molecule has 2 heterocycles. The van der Waals surface area contributed by atoms with Crippen LogP contribution in [0.25, 0.3) is 0 Å². The van der Waals surface area contributed by atoms with Crippen LogP contribution < -0.4 is 5.32 Å². The highest BCUT2D eigenvalue weighted by molar-refractivity contribution is 5.95. The largest absolute Gasteiger partial charge is 0.382 e. The van der Waals surface area contributed by atoms with E-state index < -0.39 is 0 Å². The molecule has 120 valence electrons. The summed E-state index contributed by atoms with van der Waals surface area (Å²) in [5.41, 5.74) is 2.22. The maximum atomic E-state index is 12.5. The standard InChI is InChI=1S/C15H23N5O2/c1-5-8-20-9-12(11(2)18-20)15(21)17-13(10-22-4)14-6-7-16-19(14)3/h6-7,9,13H,5,8,10H2,1-4H3,(H,17,21)/t13-/m0/s1. The van der Waals surface area contributed by atoms with E-state index in [1.807, 2.05) is 20.0 Å². The lowest BCUT2D eigenvalue weighted by Gasteiger charge is -2.18. The van der Waals surface area contributed by atoms with Crippen molar-refractivity contribution in [2.24, 2.45) is 7.05 Å². The molecule has 0 fully saturated rings. The zero-order chi connectivity index (χ0) is 16.1. The van der Waals surface area contributed by atoms with Gasteiger partial charge in [0.2, 0.25) is 0 Å². The molecule has 0 aliphatic rings. The molecule has 0 radical (unpaired) electrons. The van der Waals surface area contributed by atoms with Gasteiger partial charge in [0.05, 0.1) is 29.6 Å². The summed E-state index contributed by atoms with van der Waals surface area (Å²) in [5, 5.41) is 11.5. The van der Waals surface area contributed by atoms with E-state index in [-0.39, 0.29) is 11.9 Å². The molecule has 1 N–H and O–H groups in total. The van der Waals surface area contributed by atoms with Crippen molar-refractivity contribution in [2.75, 3.05) is 13.7 Å². The fourth-order valence-corrected chi connectivity index (χ4v) is 2.41. The number of ether oxygens (including phenoxy) is 1. The highest BCUT2D eigenvalue weighted by atomic mass is 16.5. The fourth-order valence-electron chi connectivity index (χ4n) is 2.41. The van der Waals surface area contributed by atoms with Gasteiger partial charge in [-0.2, -0.15) is 10.2 Å². The summed E-state index contributed by atoms with van der Waals surface area (Å²) in [6.07, 6.45) is 4.47. The van der Waals surface area contributed by atoms with Crippen molar-refractivity contribution in [3.8, 4) is 0 Å². The van der Waals surface area contributed by atoms with Gasteiger partial charge in [0.15, 0.2) is 0 Å². The minimum atomic E-state index is -0.251. The Kier molecular flexibility index (Phi) is 5.32. The van der Waals surface area contributed by atoms with Gasteiger partial charge in [0.1, 0.15) is 0 Å². The smallest absolute Gasteiger partial charge is 0.255 e. The van der Waals surface area contributed by atoms with Crippen molar-refractivity contribution < 1.29 is 9.53 Å². The first-order chi connectivity index (χ1) is 10.6. The molecule has 7 heteroatoms. The fraction of sp³-hybridized carbons (Fsp3) is 0.533. The van der Waals surface area contributed by atoms with E-state index in [1.54, 1.807) is 28.9 Å². The molecule has 0 saturated heterocycles. The van der Waals surface area contributed by atoms with Gasteiger partial charge in [-0.3, -0.25) is 14.2 Å². The summed E-state index contributed by atoms with van der Waals surface area (Å²) >= 11 is 0. The zero-order valence-corrected chi connectivity index (χ0v) is 13.5. The SMILES string of the molecule is CCCn1cc(C(=O)N[C@@H](COC)c2ccnn2C)c(C)n1. The number of hydrogen-bond acceptors (Lipinski definition) is 4. The van der Waals surface area contributed by atoms with E-state index in [4.69, 9.17) is 4.74 Å². The van der Waals surface area contributed by atoms with Gasteiger partial charge < -0.3 is 10.1 Å². The molecular weight excluding hydrogens is 282 g/mol. The quantitative estimate of drug-likeness (QED) is 0.840. The van der Waals surface area contributed by atoms with Crippen molar-refractivity contribution in [1.29, 1.82) is 0 Å². The number of hydrogen-bond donors (Lipinski definition) is 1. The molecule has 7 nitrogen and oxygen atoms in total. The van der Waals surface area contributed by atoms with Crippen LogP contribution in [0.2, 0.25) is 0 Å². The molecule has 2 aromatic rings. The van der Waals surface area contributed by atoms with Gasteiger partial charge in [-0.1, -0.05) is 6.92 Å². The number of carbonyl (C=O) groups is 1. The second-order valence-electron chi connectivity index (χ2n) is 5.25. The minimum Gasteiger partial charge on any atom is -0.382 e. The molecule has 22 heavy (non-hydrogen) atoms. The first-order valence-corrected chi connectivity index (χ1v) is 7.38. The molecule has 0 aliphatic heterocycles. The Hall–Kier alpha value is -2.15. The van der Waals surface area contributed by atoms with Crippen molar-refractivity contribution in [3.63, 3.8) is 0 Å². The van der Waals surface area contributed by atoms with Crippen LogP contribution in [0.15, 0.2) is 18.5 Å². The summed E-state index contributed by atoms with van der Waals surface area (Å²) in [4.78, 5) is 12.5. The van der Waals surface area contributed by atoms with E-state index in [0.717, 1.165) is 24.4 Å². The first-order valence-electron chi connectivity index (χ1n) is 7.38. The molecule has 2 rings (SSSR count). The highest BCUT2D eigenvalue weighted by Crippen LogP contribution is 2.14. The number of nitrogens with one attached hydrogen (secondary N) is 1. The Bertz CT molecular complexity index is 632. The van der Waals surface area contributed by atoms with Crippen molar-refractivity contribution in [1.82, 2.24) is 24.9 Å². The number of aromatic nitrogens is 4. The average molecular weight is 305 g/mol. The van der Waals surface area contributed by atoms with Crippen LogP contribution in [0.1, 0.15) is 41.1 Å². The molecule has 0 saturated carbocycles. The Morgan fingerprint density at radius 1 is 1.50 bits per heavy atom. The molecule has 1 atom stereocenters. The molecule has 0 bridgehead atoms. The van der Waals surface area contributed by atoms with E-state index in [1.165, 1.54) is 0 Å². The first kappa shape index (κ1) is 16.2. The number of amides is 1. The van der Waals surface area contributed by atoms with Gasteiger partial charge >= 0.3 is 0 Å². The normalized spacial score (nSPS) is 12.4. The Morgan fingerprint density at radius 3 is 2.86 bits per heavy atom. The lowest BCUT2D eigenvalue weighted by Crippen LogP contribution is -2.32. The summed E-state index contributed by atoms with van der Waals surface area (Å²) in [5.74, 6) is -0.150. The predicted octanol–water partition coefficient (Wildman–Crippen LogP) is 1.45. The van der Waals surface area contributed by atoms with Crippen LogP contribution in [0, 0.1) is 6.92 Å². The van der Waals surface area contributed by atoms with Crippen LogP contribution in [-0.4, -0.2) is 39.2 Å². The number of aryl methyl sites for hydroxylation is 3. The molecule has 2 aromatic heterocycles. The third-order valence-electron chi connectivity index (χ3n) is 3.50. The van der Waals surface area contributed by atoms with Crippen LogP contribution >= 0.6 is 0 Å². The summed E-state index contributed by atoms with van der Waals surface area (Å²) in [7, 11) is 3.45. The van der Waals surface area contributed by atoms with Crippen molar-refractivity contribution in [3.05, 3.63) is 35.4 Å². The van der Waals surface area contributed by atoms with Gasteiger partial charge in [0.25, 0.3) is 5.91 Å². The van der Waals surface area contributed by atoms with Gasteiger partial charge in [0, 0.05) is 33.1 Å². The third kappa shape index (κ3) is 3.54. The molecule has 0 aromatic carbocycles. The lowest BCUT2D eigenvalue weighted by atomic mass is 10.2. The highest BCUT2D eigenvalue weighted by Gasteiger charge is 2.21. The molecule has 1 amide bonds. The van der Waals surface area contributed by atoms with E-state index in [2.05, 4.69) is 22.4 Å². The van der Waals surface area contributed by atoms with Crippen LogP contribution in [0.3, 0.4) is 0 Å². The molecular formula is C15H23N5O2. The second kappa shape index (κ2) is 7.22. The van der Waals surface area contributed by atoms with E-state index in [9.17, 15) is 4.79 Å². The number of carbonyl (C=O) groups excluding carboxylic acids is 1. The number of nitrogens with zero attached hydrogens (tertiary/aromatic N) is 4. The molecule has 0 spiro atoms. The Balaban J connectivity index is 2.16. The van der Waals surface area contributed by atoms with Crippen molar-refractivity contribution >= 4 is 5.91 Å². The monoisotopic (exact) mass is 305 g/mol. The number of methoxy groups -OCH3 is 1. The maximum absolute atomic E-state index is 12.5. The number of rotatable bonds is 7. The Labute approximate surface area is 130 Å². The summed E-state index contributed by atoms with van der Waals surface area (Å²) in [6.45, 7) is 5.11. The van der Waals surface area contributed by atoms with Gasteiger partial charge in [-0.15, -0.1) is 0 Å². The van der Waals surface area contributed by atoms with Crippen molar-refractivity contribution in [2.45, 2.75) is 32.9 Å². The second-order valence-corrected chi connectivity index (χ2v) is 5.25. The summed E-state index contributed by atoms with van der Waals surface area (Å²) in [6, 6.07) is 1.62. The predicted molar refractivity (Wildman–Crippen MR) is 82.5 cm³/mol. The Morgan fingerprint density at radius 2 is 2.27 bits per heavy atom. The van der Waals surface area contributed by atoms with E-state index in [0.29, 0.717) is 12.2 Å². The topological polar surface area (TPSA) is 74.0 Å². The minimum absolute atomic E-state index is 0.150. The van der Waals surface area contributed by atoms with Gasteiger partial charge in [-0.05, 0) is 19.4 Å². The summed E-state index contributed by atoms with van der Waals surface area (Å²) < 4.78 is 8.76. The molecule has 0 unspecified atom stereocenters. The lowest BCUT2D eigenvalue weighted by molar-refractivity contribution is 0.0891. The van der Waals surface area contributed by atoms with E-state index >= 15 is 0 Å². The van der Waals surface area contributed by atoms with Gasteiger partial charge in [-0.25, -0.2) is 0 Å².